The van der Waals surface area contributed by atoms with Crippen molar-refractivity contribution in [2.24, 2.45) is 0 Å². The van der Waals surface area contributed by atoms with Gasteiger partial charge in [-0.05, 0) is 56.3 Å². The van der Waals surface area contributed by atoms with Crippen LogP contribution in [0.3, 0.4) is 0 Å². The summed E-state index contributed by atoms with van der Waals surface area (Å²) in [6, 6.07) is 14.5. The molecule has 1 amide bonds. The standard InChI is InChI=1S/C22H22BrN3O3S/c1-15-3-8-21-17(13-15)14-20(16(2)24-21)22(27)25-9-11-26(12-10-25)30(28,29)19-6-4-18(23)5-7-19/h3-8,13-14H,9-12H2,1-2H3. The first-order chi connectivity index (χ1) is 14.3. The molecule has 0 bridgehead atoms. The highest BCUT2D eigenvalue weighted by Gasteiger charge is 2.31. The van der Waals surface area contributed by atoms with E-state index in [-0.39, 0.29) is 23.9 Å². The number of hydrogen-bond donors (Lipinski definition) is 0. The molecule has 0 atom stereocenters. The van der Waals surface area contributed by atoms with Crippen LogP contribution in [0.1, 0.15) is 21.6 Å². The van der Waals surface area contributed by atoms with Crippen molar-refractivity contribution < 1.29 is 13.2 Å². The van der Waals surface area contributed by atoms with Crippen LogP contribution in [0.2, 0.25) is 0 Å². The number of fused-ring (bicyclic) bond motifs is 1. The lowest BCUT2D eigenvalue weighted by Gasteiger charge is -2.34. The summed E-state index contributed by atoms with van der Waals surface area (Å²) in [5.74, 6) is -0.107. The summed E-state index contributed by atoms with van der Waals surface area (Å²) in [5, 5.41) is 0.931. The number of pyridine rings is 1. The number of aromatic nitrogens is 1. The summed E-state index contributed by atoms with van der Waals surface area (Å²) < 4.78 is 28.0. The maximum atomic E-state index is 13.1. The summed E-state index contributed by atoms with van der Waals surface area (Å²) in [5.41, 5.74) is 3.22. The third-order valence-corrected chi connectivity index (χ3v) is 7.81. The summed E-state index contributed by atoms with van der Waals surface area (Å²) >= 11 is 3.32. The molecule has 1 aliphatic rings. The number of carbonyl (C=O) groups excluding carboxylic acids is 1. The molecule has 1 fully saturated rings. The number of halogens is 1. The molecule has 1 aromatic heterocycles. The molecular weight excluding hydrogens is 466 g/mol. The van der Waals surface area contributed by atoms with E-state index in [1.54, 1.807) is 29.2 Å². The van der Waals surface area contributed by atoms with E-state index < -0.39 is 10.0 Å². The van der Waals surface area contributed by atoms with E-state index >= 15 is 0 Å². The third-order valence-electron chi connectivity index (χ3n) is 5.37. The Morgan fingerprint density at radius 3 is 2.30 bits per heavy atom. The topological polar surface area (TPSA) is 70.6 Å². The monoisotopic (exact) mass is 487 g/mol. The summed E-state index contributed by atoms with van der Waals surface area (Å²) in [7, 11) is -3.57. The van der Waals surface area contributed by atoms with Crippen molar-refractivity contribution in [2.45, 2.75) is 18.7 Å². The summed E-state index contributed by atoms with van der Waals surface area (Å²) in [6.45, 7) is 5.07. The zero-order valence-electron chi connectivity index (χ0n) is 16.8. The Morgan fingerprint density at radius 2 is 1.63 bits per heavy atom. The van der Waals surface area contributed by atoms with Crippen molar-refractivity contribution in [3.63, 3.8) is 0 Å². The molecule has 0 saturated carbocycles. The smallest absolute Gasteiger partial charge is 0.255 e. The van der Waals surface area contributed by atoms with Crippen molar-refractivity contribution in [3.05, 3.63) is 69.8 Å². The Labute approximate surface area is 184 Å². The second-order valence-corrected chi connectivity index (χ2v) is 10.3. The maximum Gasteiger partial charge on any atom is 0.255 e. The number of piperazine rings is 1. The van der Waals surface area contributed by atoms with Crippen LogP contribution in [0.15, 0.2) is 57.9 Å². The van der Waals surface area contributed by atoms with Crippen LogP contribution in [-0.2, 0) is 10.0 Å². The molecule has 4 rings (SSSR count). The second kappa shape index (κ2) is 8.09. The van der Waals surface area contributed by atoms with Gasteiger partial charge in [0.15, 0.2) is 0 Å². The number of nitrogens with zero attached hydrogens (tertiary/aromatic N) is 3. The molecule has 3 aromatic rings. The zero-order valence-corrected chi connectivity index (χ0v) is 19.2. The highest BCUT2D eigenvalue weighted by Crippen LogP contribution is 2.23. The molecule has 2 heterocycles. The minimum atomic E-state index is -3.57. The lowest BCUT2D eigenvalue weighted by atomic mass is 10.1. The molecule has 30 heavy (non-hydrogen) atoms. The number of amides is 1. The van der Waals surface area contributed by atoms with Gasteiger partial charge in [-0.15, -0.1) is 0 Å². The summed E-state index contributed by atoms with van der Waals surface area (Å²) in [4.78, 5) is 19.7. The van der Waals surface area contributed by atoms with Crippen LogP contribution in [0, 0.1) is 13.8 Å². The highest BCUT2D eigenvalue weighted by molar-refractivity contribution is 9.10. The maximum absolute atomic E-state index is 13.1. The number of carbonyl (C=O) groups is 1. The quantitative estimate of drug-likeness (QED) is 0.563. The minimum Gasteiger partial charge on any atom is -0.336 e. The molecule has 0 spiro atoms. The van der Waals surface area contributed by atoms with E-state index in [0.29, 0.717) is 24.3 Å². The van der Waals surface area contributed by atoms with Crippen molar-refractivity contribution in [1.82, 2.24) is 14.2 Å². The van der Waals surface area contributed by atoms with E-state index in [2.05, 4.69) is 20.9 Å². The Hall–Kier alpha value is -2.29. The lowest BCUT2D eigenvalue weighted by Crippen LogP contribution is -2.50. The second-order valence-electron chi connectivity index (χ2n) is 7.47. The van der Waals surface area contributed by atoms with Gasteiger partial charge in [0.1, 0.15) is 0 Å². The van der Waals surface area contributed by atoms with Crippen LogP contribution in [0.25, 0.3) is 10.9 Å². The van der Waals surface area contributed by atoms with Gasteiger partial charge in [0, 0.05) is 36.0 Å². The van der Waals surface area contributed by atoms with Gasteiger partial charge in [0.2, 0.25) is 10.0 Å². The molecule has 1 aliphatic heterocycles. The molecule has 0 N–H and O–H groups in total. The molecule has 0 radical (unpaired) electrons. The van der Waals surface area contributed by atoms with Gasteiger partial charge >= 0.3 is 0 Å². The number of hydrogen-bond acceptors (Lipinski definition) is 4. The van der Waals surface area contributed by atoms with Gasteiger partial charge < -0.3 is 4.90 Å². The molecule has 0 aliphatic carbocycles. The first-order valence-corrected chi connectivity index (χ1v) is 11.9. The zero-order chi connectivity index (χ0) is 21.5. The average molecular weight is 488 g/mol. The van der Waals surface area contributed by atoms with Gasteiger partial charge in [-0.1, -0.05) is 27.6 Å². The molecule has 1 saturated heterocycles. The fraction of sp³-hybridized carbons (Fsp3) is 0.273. The molecule has 2 aromatic carbocycles. The predicted octanol–water partition coefficient (Wildman–Crippen LogP) is 3.76. The molecule has 6 nitrogen and oxygen atoms in total. The SMILES string of the molecule is Cc1ccc2nc(C)c(C(=O)N3CCN(S(=O)(=O)c4ccc(Br)cc4)CC3)cc2c1. The molecule has 8 heteroatoms. The summed E-state index contributed by atoms with van der Waals surface area (Å²) in [6.07, 6.45) is 0. The Kier molecular flexibility index (Phi) is 5.65. The molecule has 156 valence electrons. The van der Waals surface area contributed by atoms with Crippen LogP contribution in [0.4, 0.5) is 0 Å². The van der Waals surface area contributed by atoms with Gasteiger partial charge in [0.05, 0.1) is 21.7 Å². The number of rotatable bonds is 3. The van der Waals surface area contributed by atoms with Crippen molar-refractivity contribution in [1.29, 1.82) is 0 Å². The Balaban J connectivity index is 1.51. The van der Waals surface area contributed by atoms with Crippen molar-refractivity contribution >= 4 is 42.8 Å². The van der Waals surface area contributed by atoms with E-state index in [0.717, 1.165) is 20.9 Å². The lowest BCUT2D eigenvalue weighted by molar-refractivity contribution is 0.0697. The molecular formula is C22H22BrN3O3S. The van der Waals surface area contributed by atoms with E-state index in [1.165, 1.54) is 4.31 Å². The predicted molar refractivity (Wildman–Crippen MR) is 120 cm³/mol. The highest BCUT2D eigenvalue weighted by atomic mass is 79.9. The van der Waals surface area contributed by atoms with Crippen LogP contribution < -0.4 is 0 Å². The number of sulfonamides is 1. The minimum absolute atomic E-state index is 0.107. The normalized spacial score (nSPS) is 15.5. The van der Waals surface area contributed by atoms with E-state index in [9.17, 15) is 13.2 Å². The van der Waals surface area contributed by atoms with E-state index in [1.807, 2.05) is 38.1 Å². The van der Waals surface area contributed by atoms with E-state index in [4.69, 9.17) is 0 Å². The fourth-order valence-corrected chi connectivity index (χ4v) is 5.35. The van der Waals surface area contributed by atoms with Gasteiger partial charge in [-0.25, -0.2) is 8.42 Å². The van der Waals surface area contributed by atoms with Gasteiger partial charge in [-0.2, -0.15) is 4.31 Å². The van der Waals surface area contributed by atoms with Gasteiger partial charge in [0.25, 0.3) is 5.91 Å². The van der Waals surface area contributed by atoms with Crippen LogP contribution in [-0.4, -0.2) is 54.7 Å². The first-order valence-electron chi connectivity index (χ1n) is 9.69. The Morgan fingerprint density at radius 1 is 0.967 bits per heavy atom. The third kappa shape index (κ3) is 3.99. The molecule has 0 unspecified atom stereocenters. The van der Waals surface area contributed by atoms with Crippen LogP contribution in [0.5, 0.6) is 0 Å². The average Bonchev–Trinajstić information content (AvgIpc) is 2.73. The van der Waals surface area contributed by atoms with Gasteiger partial charge in [-0.3, -0.25) is 9.78 Å². The fourth-order valence-electron chi connectivity index (χ4n) is 3.67. The van der Waals surface area contributed by atoms with Crippen molar-refractivity contribution in [2.75, 3.05) is 26.2 Å². The van der Waals surface area contributed by atoms with Crippen molar-refractivity contribution in [3.8, 4) is 0 Å². The number of aryl methyl sites for hydroxylation is 2. The Bertz CT molecular complexity index is 1220. The largest absolute Gasteiger partial charge is 0.336 e. The number of benzene rings is 2. The first kappa shape index (κ1) is 21.0. The van der Waals surface area contributed by atoms with Crippen LogP contribution >= 0.6 is 15.9 Å².